The van der Waals surface area contributed by atoms with Crippen LogP contribution < -0.4 is 0 Å². The van der Waals surface area contributed by atoms with Crippen LogP contribution in [-0.4, -0.2) is 55.9 Å². The molecule has 2 aromatic carbocycles. The van der Waals surface area contributed by atoms with Crippen molar-refractivity contribution in [2.75, 3.05) is 13.2 Å². The van der Waals surface area contributed by atoms with Gasteiger partial charge in [-0.2, -0.15) is 0 Å². The number of ether oxygens (including phenoxy) is 6. The first-order valence-electron chi connectivity index (χ1n) is 25.2. The van der Waals surface area contributed by atoms with Crippen molar-refractivity contribution in [3.63, 3.8) is 0 Å². The van der Waals surface area contributed by atoms with Gasteiger partial charge in [0.25, 0.3) is 0 Å². The molecule has 1 aliphatic heterocycles. The maximum atomic E-state index is 13.2. The lowest BCUT2D eigenvalue weighted by Crippen LogP contribution is -2.62. The molecule has 14 atom stereocenters. The normalized spacial score (nSPS) is 35.7. The molecule has 4 saturated carbocycles. The molecule has 0 bridgehead atoms. The van der Waals surface area contributed by atoms with Crippen molar-refractivity contribution >= 4 is 11.9 Å². The van der Waals surface area contributed by atoms with Gasteiger partial charge in [0, 0.05) is 8.29 Å². The Morgan fingerprint density at radius 1 is 0.790 bits per heavy atom. The van der Waals surface area contributed by atoms with E-state index in [0.29, 0.717) is 23.4 Å². The highest BCUT2D eigenvalue weighted by Crippen LogP contribution is 2.68. The highest BCUT2D eigenvalue weighted by Gasteiger charge is 2.60. The molecule has 0 N–H and O–H groups in total. The average Bonchev–Trinajstić information content (AvgIpc) is 3.64. The SMILES string of the molecule is [2H]CC(C)(C)C(=O)OC[C@H]1OC(OCC(C)CCC[C@@H](C)[C@H]2CC[C@H]3[C@@H]4CCC5CCCC[C@]5(C)[C@H]4CC[C@]23C)[C@H](OCc2ccccc2)[C@@H](OC(C)=O)[C@H]1OCc1ccccc1. The standard InChI is InChI=1S/C54H80O8/c1-36(18-17-19-37(2)43-27-28-44-42-26-25-41-24-15-16-30-53(41,7)45(42)29-31-54(43,44)8)32-59-50-49(58-34-40-22-13-10-14-23-40)48(61-38(3)55)47(57-33-39-20-11-9-12-21-39)46(62-50)35-60-51(56)52(4,5)6/h9-14,20-23,36-37,41-50H,15-19,24-35H2,1-8H3/t36?,37-,41?,42+,43-,44+,45+,46-,47+,48+,49-,50?,53+,54-/m1/s1/i4D. The number of fused-ring (bicyclic) bond motifs is 5. The highest BCUT2D eigenvalue weighted by atomic mass is 16.7. The fraction of sp³-hybridized carbons (Fsp3) is 0.741. The maximum absolute atomic E-state index is 13.2. The minimum atomic E-state index is -1.00. The minimum absolute atomic E-state index is 0.125. The molecule has 3 unspecified atom stereocenters. The third-order valence-electron chi connectivity index (χ3n) is 16.6. The van der Waals surface area contributed by atoms with Gasteiger partial charge in [0.05, 0.1) is 25.2 Å². The number of carbonyl (C=O) groups is 2. The Labute approximate surface area is 375 Å². The van der Waals surface area contributed by atoms with Gasteiger partial charge in [-0.3, -0.25) is 9.59 Å². The van der Waals surface area contributed by atoms with Crippen molar-refractivity contribution in [2.45, 2.75) is 183 Å². The van der Waals surface area contributed by atoms with Crippen LogP contribution in [0, 0.1) is 57.7 Å². The largest absolute Gasteiger partial charge is 0.462 e. The first-order valence-corrected chi connectivity index (χ1v) is 24.4. The van der Waals surface area contributed by atoms with Gasteiger partial charge in [-0.1, -0.05) is 114 Å². The van der Waals surface area contributed by atoms with Gasteiger partial charge in [-0.15, -0.1) is 0 Å². The van der Waals surface area contributed by atoms with E-state index in [2.05, 4.69) is 27.7 Å². The monoisotopic (exact) mass is 858 g/mol. The Hall–Kier alpha value is -2.78. The molecule has 344 valence electrons. The summed E-state index contributed by atoms with van der Waals surface area (Å²) in [6.45, 7) is 15.5. The van der Waals surface area contributed by atoms with Crippen LogP contribution in [-0.2, 0) is 51.2 Å². The van der Waals surface area contributed by atoms with Gasteiger partial charge >= 0.3 is 11.9 Å². The second-order valence-electron chi connectivity index (χ2n) is 21.6. The summed E-state index contributed by atoms with van der Waals surface area (Å²) >= 11 is 0. The van der Waals surface area contributed by atoms with Gasteiger partial charge in [0.15, 0.2) is 12.4 Å². The number of benzene rings is 2. The van der Waals surface area contributed by atoms with E-state index >= 15 is 0 Å². The third kappa shape index (κ3) is 10.8. The van der Waals surface area contributed by atoms with Crippen molar-refractivity contribution in [3.05, 3.63) is 71.8 Å². The summed E-state index contributed by atoms with van der Waals surface area (Å²) in [5.41, 5.74) is 1.95. The number of esters is 2. The van der Waals surface area contributed by atoms with Crippen LogP contribution in [0.2, 0.25) is 0 Å². The van der Waals surface area contributed by atoms with Crippen LogP contribution in [0.15, 0.2) is 60.7 Å². The predicted molar refractivity (Wildman–Crippen MR) is 243 cm³/mol. The number of hydrogen-bond acceptors (Lipinski definition) is 8. The van der Waals surface area contributed by atoms with E-state index in [9.17, 15) is 9.59 Å². The van der Waals surface area contributed by atoms with E-state index in [4.69, 9.17) is 29.8 Å². The van der Waals surface area contributed by atoms with Crippen molar-refractivity contribution in [1.29, 1.82) is 0 Å². The molecule has 5 aliphatic rings. The molecule has 0 aromatic heterocycles. The Morgan fingerprint density at radius 3 is 2.15 bits per heavy atom. The van der Waals surface area contributed by atoms with Gasteiger partial charge in [-0.25, -0.2) is 0 Å². The summed E-state index contributed by atoms with van der Waals surface area (Å²) in [5.74, 6) is 4.51. The summed E-state index contributed by atoms with van der Waals surface area (Å²) < 4.78 is 46.3. The zero-order valence-corrected chi connectivity index (χ0v) is 39.2. The van der Waals surface area contributed by atoms with E-state index in [1.165, 1.54) is 77.6 Å². The molecule has 8 heteroatoms. The van der Waals surface area contributed by atoms with E-state index in [-0.39, 0.29) is 32.6 Å². The zero-order chi connectivity index (χ0) is 44.8. The van der Waals surface area contributed by atoms with Gasteiger partial charge in [0.1, 0.15) is 24.9 Å². The minimum Gasteiger partial charge on any atom is -0.462 e. The topological polar surface area (TPSA) is 89.5 Å². The maximum Gasteiger partial charge on any atom is 0.311 e. The summed E-state index contributed by atoms with van der Waals surface area (Å²) in [6, 6.07) is 19.6. The molecule has 0 radical (unpaired) electrons. The van der Waals surface area contributed by atoms with Gasteiger partial charge < -0.3 is 28.4 Å². The molecule has 2 aromatic rings. The highest BCUT2D eigenvalue weighted by molar-refractivity contribution is 5.75. The molecule has 0 amide bonds. The average molecular weight is 858 g/mol. The number of carbonyl (C=O) groups excluding carboxylic acids is 2. The van der Waals surface area contributed by atoms with Crippen LogP contribution >= 0.6 is 0 Å². The van der Waals surface area contributed by atoms with Crippen LogP contribution in [0.5, 0.6) is 0 Å². The van der Waals surface area contributed by atoms with E-state index < -0.39 is 48.1 Å². The summed E-state index contributed by atoms with van der Waals surface area (Å²) in [7, 11) is 0. The van der Waals surface area contributed by atoms with Crippen LogP contribution in [0.25, 0.3) is 0 Å². The Bertz CT molecular complexity index is 1760. The second-order valence-corrected chi connectivity index (χ2v) is 21.6. The summed E-state index contributed by atoms with van der Waals surface area (Å²) in [5, 5.41) is 0. The summed E-state index contributed by atoms with van der Waals surface area (Å²) in [4.78, 5) is 26.0. The van der Waals surface area contributed by atoms with Gasteiger partial charge in [-0.05, 0) is 142 Å². The fourth-order valence-electron chi connectivity index (χ4n) is 13.3. The molecule has 4 aliphatic carbocycles. The Balaban J connectivity index is 1.00. The summed E-state index contributed by atoms with van der Waals surface area (Å²) in [6.07, 6.45) is 13.5. The van der Waals surface area contributed by atoms with Crippen LogP contribution in [0.4, 0.5) is 0 Å². The van der Waals surface area contributed by atoms with Crippen molar-refractivity contribution in [3.8, 4) is 0 Å². The molecule has 5 fully saturated rings. The lowest BCUT2D eigenvalue weighted by Gasteiger charge is -2.61. The van der Waals surface area contributed by atoms with Crippen molar-refractivity contribution in [2.24, 2.45) is 57.7 Å². The lowest BCUT2D eigenvalue weighted by molar-refractivity contribution is -0.322. The predicted octanol–water partition coefficient (Wildman–Crippen LogP) is 11.9. The molecule has 8 nitrogen and oxygen atoms in total. The van der Waals surface area contributed by atoms with Crippen molar-refractivity contribution < 1.29 is 39.4 Å². The lowest BCUT2D eigenvalue weighted by atomic mass is 9.44. The molecule has 0 spiro atoms. The van der Waals surface area contributed by atoms with E-state index in [1.54, 1.807) is 13.8 Å². The Kier molecular flexibility index (Phi) is 15.2. The molecular weight excluding hydrogens is 777 g/mol. The molecule has 1 heterocycles. The van der Waals surface area contributed by atoms with E-state index in [1.807, 2.05) is 60.7 Å². The van der Waals surface area contributed by atoms with Gasteiger partial charge in [0.2, 0.25) is 0 Å². The molecular formula is C54H80O8. The third-order valence-corrected chi connectivity index (χ3v) is 16.6. The quantitative estimate of drug-likeness (QED) is 0.145. The smallest absolute Gasteiger partial charge is 0.311 e. The van der Waals surface area contributed by atoms with E-state index in [0.717, 1.165) is 53.6 Å². The molecule has 7 rings (SSSR count). The van der Waals surface area contributed by atoms with Crippen LogP contribution in [0.3, 0.4) is 0 Å². The van der Waals surface area contributed by atoms with Crippen LogP contribution in [0.1, 0.15) is 151 Å². The molecule has 1 saturated heterocycles. The first kappa shape index (κ1) is 45.8. The number of rotatable bonds is 17. The zero-order valence-electron chi connectivity index (χ0n) is 40.2. The molecule has 62 heavy (non-hydrogen) atoms. The number of hydrogen-bond donors (Lipinski definition) is 0. The van der Waals surface area contributed by atoms with Crippen molar-refractivity contribution in [1.82, 2.24) is 0 Å². The fourth-order valence-corrected chi connectivity index (χ4v) is 13.3. The first-order chi connectivity index (χ1) is 30.2. The second kappa shape index (κ2) is 20.6. The Morgan fingerprint density at radius 2 is 1.47 bits per heavy atom.